The van der Waals surface area contributed by atoms with E-state index in [0.717, 1.165) is 12.8 Å². The first-order valence-corrected chi connectivity index (χ1v) is 6.12. The van der Waals surface area contributed by atoms with E-state index in [1.54, 1.807) is 13.8 Å². The average Bonchev–Trinajstić information content (AvgIpc) is 2.37. The van der Waals surface area contributed by atoms with Gasteiger partial charge in [-0.25, -0.2) is 0 Å². The van der Waals surface area contributed by atoms with Gasteiger partial charge in [0.05, 0.1) is 6.54 Å². The second-order valence-corrected chi connectivity index (χ2v) is 6.00. The van der Waals surface area contributed by atoms with E-state index >= 15 is 0 Å². The van der Waals surface area contributed by atoms with Crippen molar-refractivity contribution < 1.29 is 13.2 Å². The zero-order valence-corrected chi connectivity index (χ0v) is 11.0. The minimum atomic E-state index is -4.16. The van der Waals surface area contributed by atoms with Crippen molar-refractivity contribution in [3.63, 3.8) is 0 Å². The maximum absolute atomic E-state index is 12.6. The number of alkyl halides is 3. The SMILES string of the molecule is CC(C)N(CC(F)(F)F)C1CCC(C)(C)C1N. The van der Waals surface area contributed by atoms with Crippen LogP contribution in [0.1, 0.15) is 40.5 Å². The third-order valence-corrected chi connectivity index (χ3v) is 3.85. The van der Waals surface area contributed by atoms with E-state index in [-0.39, 0.29) is 23.5 Å². The monoisotopic (exact) mass is 252 g/mol. The van der Waals surface area contributed by atoms with Gasteiger partial charge in [-0.15, -0.1) is 0 Å². The molecule has 0 spiro atoms. The summed E-state index contributed by atoms with van der Waals surface area (Å²) in [7, 11) is 0. The van der Waals surface area contributed by atoms with Crippen molar-refractivity contribution in [1.82, 2.24) is 4.90 Å². The van der Waals surface area contributed by atoms with Gasteiger partial charge in [-0.05, 0) is 32.1 Å². The van der Waals surface area contributed by atoms with Crippen molar-refractivity contribution >= 4 is 0 Å². The summed E-state index contributed by atoms with van der Waals surface area (Å²) in [4.78, 5) is 1.50. The van der Waals surface area contributed by atoms with Crippen LogP contribution in [0.5, 0.6) is 0 Å². The van der Waals surface area contributed by atoms with Crippen molar-refractivity contribution in [2.75, 3.05) is 6.54 Å². The van der Waals surface area contributed by atoms with Crippen LogP contribution in [0, 0.1) is 5.41 Å². The molecule has 0 aliphatic heterocycles. The van der Waals surface area contributed by atoms with Crippen LogP contribution >= 0.6 is 0 Å². The topological polar surface area (TPSA) is 29.3 Å². The Balaban J connectivity index is 2.80. The molecule has 2 atom stereocenters. The number of halogens is 3. The highest BCUT2D eigenvalue weighted by Gasteiger charge is 2.45. The molecule has 0 bridgehead atoms. The second kappa shape index (κ2) is 4.76. The van der Waals surface area contributed by atoms with Gasteiger partial charge in [0.15, 0.2) is 0 Å². The molecule has 0 amide bonds. The quantitative estimate of drug-likeness (QED) is 0.837. The van der Waals surface area contributed by atoms with Gasteiger partial charge < -0.3 is 5.73 Å². The second-order valence-electron chi connectivity index (χ2n) is 6.00. The van der Waals surface area contributed by atoms with Crippen molar-refractivity contribution in [1.29, 1.82) is 0 Å². The van der Waals surface area contributed by atoms with Crippen molar-refractivity contribution in [2.24, 2.45) is 11.1 Å². The first-order chi connectivity index (χ1) is 7.54. The molecule has 0 saturated heterocycles. The minimum Gasteiger partial charge on any atom is -0.326 e. The molecule has 0 radical (unpaired) electrons. The Morgan fingerprint density at radius 1 is 1.35 bits per heavy atom. The van der Waals surface area contributed by atoms with Crippen LogP contribution in [0.2, 0.25) is 0 Å². The molecular formula is C12H23F3N2. The molecule has 1 aliphatic carbocycles. The van der Waals surface area contributed by atoms with Crippen LogP contribution in [0.3, 0.4) is 0 Å². The fraction of sp³-hybridized carbons (Fsp3) is 1.00. The summed E-state index contributed by atoms with van der Waals surface area (Å²) < 4.78 is 37.7. The molecule has 2 nitrogen and oxygen atoms in total. The number of hydrogen-bond donors (Lipinski definition) is 1. The molecule has 2 N–H and O–H groups in total. The van der Waals surface area contributed by atoms with E-state index in [9.17, 15) is 13.2 Å². The molecule has 1 saturated carbocycles. The normalized spacial score (nSPS) is 29.3. The molecule has 1 aliphatic rings. The minimum absolute atomic E-state index is 0.0661. The Kier molecular flexibility index (Phi) is 4.14. The van der Waals surface area contributed by atoms with Crippen molar-refractivity contribution in [2.45, 2.75) is 64.8 Å². The number of nitrogens with two attached hydrogens (primary N) is 1. The van der Waals surface area contributed by atoms with Gasteiger partial charge in [0.1, 0.15) is 0 Å². The van der Waals surface area contributed by atoms with Crippen LogP contribution in [0.25, 0.3) is 0 Å². The molecular weight excluding hydrogens is 229 g/mol. The lowest BCUT2D eigenvalue weighted by Gasteiger charge is -2.37. The summed E-state index contributed by atoms with van der Waals surface area (Å²) >= 11 is 0. The first kappa shape index (κ1) is 14.8. The highest BCUT2D eigenvalue weighted by Crippen LogP contribution is 2.39. The maximum atomic E-state index is 12.6. The molecule has 2 unspecified atom stereocenters. The van der Waals surface area contributed by atoms with Crippen LogP contribution < -0.4 is 5.73 Å². The molecule has 0 aromatic carbocycles. The standard InChI is InChI=1S/C12H23F3N2/c1-8(2)17(7-12(13,14)15)9-5-6-11(3,4)10(9)16/h8-10H,5-7,16H2,1-4H3. The Labute approximate surface area is 101 Å². The molecule has 102 valence electrons. The Hall–Kier alpha value is -0.290. The summed E-state index contributed by atoms with van der Waals surface area (Å²) in [5.74, 6) is 0. The Morgan fingerprint density at radius 2 is 1.88 bits per heavy atom. The fourth-order valence-corrected chi connectivity index (χ4v) is 2.65. The fourth-order valence-electron chi connectivity index (χ4n) is 2.65. The number of hydrogen-bond acceptors (Lipinski definition) is 2. The van der Waals surface area contributed by atoms with Crippen LogP contribution in [-0.4, -0.2) is 35.7 Å². The zero-order valence-electron chi connectivity index (χ0n) is 11.0. The summed E-state index contributed by atoms with van der Waals surface area (Å²) in [5.41, 5.74) is 6.04. The van der Waals surface area contributed by atoms with Crippen LogP contribution in [0.15, 0.2) is 0 Å². The van der Waals surface area contributed by atoms with Gasteiger partial charge in [0.2, 0.25) is 0 Å². The summed E-state index contributed by atoms with van der Waals surface area (Å²) in [6.45, 7) is 6.79. The summed E-state index contributed by atoms with van der Waals surface area (Å²) in [5, 5.41) is 0. The third-order valence-electron chi connectivity index (χ3n) is 3.85. The van der Waals surface area contributed by atoms with Crippen molar-refractivity contribution in [3.8, 4) is 0 Å². The maximum Gasteiger partial charge on any atom is 0.401 e. The number of rotatable bonds is 3. The van der Waals surface area contributed by atoms with Gasteiger partial charge in [0, 0.05) is 18.1 Å². The highest BCUT2D eigenvalue weighted by molar-refractivity contribution is 5.00. The van der Waals surface area contributed by atoms with E-state index in [1.165, 1.54) is 4.90 Å². The third kappa shape index (κ3) is 3.58. The largest absolute Gasteiger partial charge is 0.401 e. The highest BCUT2D eigenvalue weighted by atomic mass is 19.4. The predicted octanol–water partition coefficient (Wildman–Crippen LogP) is 2.78. The van der Waals surface area contributed by atoms with E-state index in [0.29, 0.717) is 0 Å². The van der Waals surface area contributed by atoms with Gasteiger partial charge in [-0.3, -0.25) is 4.90 Å². The molecule has 0 aromatic rings. The predicted molar refractivity (Wildman–Crippen MR) is 62.7 cm³/mol. The molecule has 0 heterocycles. The van der Waals surface area contributed by atoms with Gasteiger partial charge in [-0.2, -0.15) is 13.2 Å². The molecule has 1 fully saturated rings. The van der Waals surface area contributed by atoms with E-state index < -0.39 is 12.7 Å². The van der Waals surface area contributed by atoms with Crippen molar-refractivity contribution in [3.05, 3.63) is 0 Å². The van der Waals surface area contributed by atoms with E-state index in [2.05, 4.69) is 0 Å². The molecule has 1 rings (SSSR count). The summed E-state index contributed by atoms with van der Waals surface area (Å²) in [6, 6.07) is -0.486. The molecule has 17 heavy (non-hydrogen) atoms. The van der Waals surface area contributed by atoms with E-state index in [1.807, 2.05) is 13.8 Å². The van der Waals surface area contributed by atoms with Gasteiger partial charge >= 0.3 is 6.18 Å². The van der Waals surface area contributed by atoms with Gasteiger partial charge in [0.25, 0.3) is 0 Å². The first-order valence-electron chi connectivity index (χ1n) is 6.12. The smallest absolute Gasteiger partial charge is 0.326 e. The Morgan fingerprint density at radius 3 is 2.18 bits per heavy atom. The van der Waals surface area contributed by atoms with E-state index in [4.69, 9.17) is 5.73 Å². The lowest BCUT2D eigenvalue weighted by molar-refractivity contribution is -0.156. The summed E-state index contributed by atoms with van der Waals surface area (Å²) in [6.07, 6.45) is -2.51. The lowest BCUT2D eigenvalue weighted by atomic mass is 9.87. The zero-order chi connectivity index (χ0) is 13.4. The molecule has 0 aromatic heterocycles. The average molecular weight is 252 g/mol. The Bertz CT molecular complexity index is 261. The molecule has 5 heteroatoms. The lowest BCUT2D eigenvalue weighted by Crippen LogP contribution is -2.54. The van der Waals surface area contributed by atoms with Gasteiger partial charge in [-0.1, -0.05) is 13.8 Å². The van der Waals surface area contributed by atoms with Crippen LogP contribution in [-0.2, 0) is 0 Å². The van der Waals surface area contributed by atoms with Crippen LogP contribution in [0.4, 0.5) is 13.2 Å². The number of nitrogens with zero attached hydrogens (tertiary/aromatic N) is 1.